The number of anilines is 1. The Morgan fingerprint density at radius 2 is 1.81 bits per heavy atom. The number of rotatable bonds is 4. The minimum atomic E-state index is -0.694. The number of hydrogen-bond acceptors (Lipinski definition) is 5. The number of nitrogens with zero attached hydrogens (tertiary/aromatic N) is 3. The molecule has 0 amide bonds. The lowest BCUT2D eigenvalue weighted by atomic mass is 9.94. The van der Waals surface area contributed by atoms with Crippen molar-refractivity contribution in [3.05, 3.63) is 94.8 Å². The molecule has 1 N–H and O–H groups in total. The summed E-state index contributed by atoms with van der Waals surface area (Å²) in [5.41, 5.74) is 2.50. The van der Waals surface area contributed by atoms with Crippen LogP contribution in [-0.2, 0) is 0 Å². The fourth-order valence-electron chi connectivity index (χ4n) is 3.73. The number of aromatic nitrogens is 2. The zero-order chi connectivity index (χ0) is 22.2. The lowest BCUT2D eigenvalue weighted by molar-refractivity contribution is 0.404. The van der Waals surface area contributed by atoms with Gasteiger partial charge in [0.05, 0.1) is 22.2 Å². The minimum Gasteiger partial charge on any atom is -0.351 e. The highest BCUT2D eigenvalue weighted by atomic mass is 32.1. The molecule has 2 aromatic heterocycles. The Hall–Kier alpha value is -3.43. The van der Waals surface area contributed by atoms with Crippen molar-refractivity contribution in [2.45, 2.75) is 13.0 Å². The van der Waals surface area contributed by atoms with Gasteiger partial charge in [0, 0.05) is 11.8 Å². The molecule has 5 rings (SSSR count). The van der Waals surface area contributed by atoms with E-state index in [0.717, 1.165) is 16.5 Å². The molecule has 0 bridgehead atoms. The highest BCUT2D eigenvalue weighted by molar-refractivity contribution is 7.80. The van der Waals surface area contributed by atoms with E-state index in [9.17, 15) is 8.78 Å². The summed E-state index contributed by atoms with van der Waals surface area (Å²) in [4.78, 5) is 7.06. The van der Waals surface area contributed by atoms with Gasteiger partial charge in [0.15, 0.2) is 5.11 Å². The third kappa shape index (κ3) is 3.69. The van der Waals surface area contributed by atoms with E-state index in [-0.39, 0.29) is 11.7 Å². The first-order valence-corrected chi connectivity index (χ1v) is 11.0. The summed E-state index contributed by atoms with van der Waals surface area (Å²) in [6.07, 6.45) is 0. The normalized spacial score (nSPS) is 16.4. The van der Waals surface area contributed by atoms with Crippen molar-refractivity contribution in [1.82, 2.24) is 15.5 Å². The van der Waals surface area contributed by atoms with Crippen molar-refractivity contribution >= 4 is 39.9 Å². The van der Waals surface area contributed by atoms with Gasteiger partial charge in [0.1, 0.15) is 11.6 Å². The first-order valence-electron chi connectivity index (χ1n) is 9.71. The second-order valence-electron chi connectivity index (χ2n) is 7.16. The topological polar surface area (TPSA) is 54.2 Å². The van der Waals surface area contributed by atoms with Crippen molar-refractivity contribution in [3.63, 3.8) is 0 Å². The van der Waals surface area contributed by atoms with E-state index in [1.165, 1.54) is 23.5 Å². The Morgan fingerprint density at radius 3 is 2.50 bits per heavy atom. The lowest BCUT2D eigenvalue weighted by Gasteiger charge is -2.37. The molecule has 0 saturated carbocycles. The number of nitrogens with one attached hydrogen (secondary N) is 1. The molecular weight excluding hydrogens is 450 g/mol. The van der Waals surface area contributed by atoms with Crippen LogP contribution in [0, 0.1) is 11.6 Å². The second-order valence-corrected chi connectivity index (χ2v) is 8.49. The lowest BCUT2D eigenvalue weighted by Crippen LogP contribution is -2.46. The average Bonchev–Trinajstić information content (AvgIpc) is 3.45. The Labute approximate surface area is 192 Å². The predicted octanol–water partition coefficient (Wildman–Crippen LogP) is 5.94. The van der Waals surface area contributed by atoms with Gasteiger partial charge in [-0.25, -0.2) is 8.78 Å². The summed E-state index contributed by atoms with van der Waals surface area (Å²) < 4.78 is 33.6. The Morgan fingerprint density at radius 1 is 1.06 bits per heavy atom. The van der Waals surface area contributed by atoms with E-state index in [0.29, 0.717) is 28.1 Å². The number of allylic oxidation sites excluding steroid dienone is 1. The molecule has 0 spiro atoms. The van der Waals surface area contributed by atoms with E-state index in [2.05, 4.69) is 15.5 Å². The van der Waals surface area contributed by atoms with Crippen LogP contribution >= 0.6 is 23.6 Å². The van der Waals surface area contributed by atoms with Crippen LogP contribution in [0.25, 0.3) is 16.3 Å². The third-order valence-electron chi connectivity index (χ3n) is 5.12. The molecule has 1 aliphatic rings. The van der Waals surface area contributed by atoms with Crippen LogP contribution in [0.3, 0.4) is 0 Å². The standard InChI is InChI=1S/C23H16F2N4OS2/c1-13-19(22-27-21(28-30-22)18-8-5-9-32-18)20(14-6-3-2-4-7-14)26-23(31)29(13)17-11-15(24)10-16(25)12-17/h2-12,20H,1H3,(H,26,31). The highest BCUT2D eigenvalue weighted by Crippen LogP contribution is 2.39. The van der Waals surface area contributed by atoms with Crippen molar-refractivity contribution < 1.29 is 13.3 Å². The first kappa shape index (κ1) is 20.5. The highest BCUT2D eigenvalue weighted by Gasteiger charge is 2.35. The molecule has 32 heavy (non-hydrogen) atoms. The quantitative estimate of drug-likeness (QED) is 0.376. The summed E-state index contributed by atoms with van der Waals surface area (Å²) in [7, 11) is 0. The summed E-state index contributed by atoms with van der Waals surface area (Å²) in [5.74, 6) is -0.615. The monoisotopic (exact) mass is 466 g/mol. The van der Waals surface area contributed by atoms with Gasteiger partial charge in [0.2, 0.25) is 5.82 Å². The number of hydrogen-bond donors (Lipinski definition) is 1. The smallest absolute Gasteiger partial charge is 0.258 e. The van der Waals surface area contributed by atoms with E-state index >= 15 is 0 Å². The van der Waals surface area contributed by atoms with E-state index in [1.54, 1.807) is 4.90 Å². The number of halogens is 2. The van der Waals surface area contributed by atoms with Crippen molar-refractivity contribution in [2.75, 3.05) is 4.90 Å². The van der Waals surface area contributed by atoms with Crippen LogP contribution in [0.4, 0.5) is 14.5 Å². The first-order chi connectivity index (χ1) is 15.5. The summed E-state index contributed by atoms with van der Waals surface area (Å²) in [5, 5.41) is 9.65. The fourth-order valence-corrected chi connectivity index (χ4v) is 4.74. The molecule has 3 heterocycles. The molecule has 0 saturated heterocycles. The number of thiophene rings is 1. The predicted molar refractivity (Wildman–Crippen MR) is 124 cm³/mol. The van der Waals surface area contributed by atoms with Gasteiger partial charge < -0.3 is 9.84 Å². The molecular formula is C23H16F2N4OS2. The van der Waals surface area contributed by atoms with Gasteiger partial charge in [-0.15, -0.1) is 11.3 Å². The Kier molecular flexibility index (Phi) is 5.28. The maximum Gasteiger partial charge on any atom is 0.258 e. The molecule has 1 unspecified atom stereocenters. The maximum atomic E-state index is 14.0. The maximum absolute atomic E-state index is 14.0. The summed E-state index contributed by atoms with van der Waals surface area (Å²) in [6, 6.07) is 16.4. The number of thiocarbonyl (C=S) groups is 1. The van der Waals surface area contributed by atoms with Gasteiger partial charge in [-0.1, -0.05) is 41.6 Å². The van der Waals surface area contributed by atoms with Crippen LogP contribution in [0.5, 0.6) is 0 Å². The average molecular weight is 467 g/mol. The second kappa shape index (κ2) is 8.25. The molecule has 4 aromatic rings. The third-order valence-corrected chi connectivity index (χ3v) is 6.29. The molecule has 0 fully saturated rings. The van der Waals surface area contributed by atoms with Crippen molar-refractivity contribution in [3.8, 4) is 10.7 Å². The van der Waals surface area contributed by atoms with Gasteiger partial charge in [-0.05, 0) is 48.3 Å². The molecule has 160 valence electrons. The van der Waals surface area contributed by atoms with Crippen LogP contribution in [0.1, 0.15) is 24.4 Å². The fraction of sp³-hybridized carbons (Fsp3) is 0.0870. The SMILES string of the molecule is CC1=C(c2nc(-c3cccs3)no2)C(c2ccccc2)NC(=S)N1c1cc(F)cc(F)c1. The number of benzene rings is 2. The van der Waals surface area contributed by atoms with Crippen molar-refractivity contribution in [2.24, 2.45) is 0 Å². The molecule has 0 aliphatic carbocycles. The molecule has 5 nitrogen and oxygen atoms in total. The largest absolute Gasteiger partial charge is 0.351 e. The van der Waals surface area contributed by atoms with E-state index < -0.39 is 11.6 Å². The van der Waals surface area contributed by atoms with Crippen LogP contribution in [-0.4, -0.2) is 15.3 Å². The van der Waals surface area contributed by atoms with Crippen LogP contribution < -0.4 is 10.2 Å². The zero-order valence-corrected chi connectivity index (χ0v) is 18.4. The molecule has 1 atom stereocenters. The van der Waals surface area contributed by atoms with E-state index in [4.69, 9.17) is 16.7 Å². The van der Waals surface area contributed by atoms with Gasteiger partial charge in [-0.3, -0.25) is 4.90 Å². The van der Waals surface area contributed by atoms with E-state index in [1.807, 2.05) is 54.8 Å². The van der Waals surface area contributed by atoms with Crippen LogP contribution in [0.2, 0.25) is 0 Å². The Balaban J connectivity index is 1.68. The summed E-state index contributed by atoms with van der Waals surface area (Å²) in [6.45, 7) is 1.82. The Bertz CT molecular complexity index is 1300. The zero-order valence-electron chi connectivity index (χ0n) is 16.8. The minimum absolute atomic E-state index is 0.263. The van der Waals surface area contributed by atoms with Gasteiger partial charge >= 0.3 is 0 Å². The van der Waals surface area contributed by atoms with Gasteiger partial charge in [-0.2, -0.15) is 4.98 Å². The summed E-state index contributed by atoms with van der Waals surface area (Å²) >= 11 is 7.10. The molecule has 1 aliphatic heterocycles. The van der Waals surface area contributed by atoms with Crippen molar-refractivity contribution in [1.29, 1.82) is 0 Å². The van der Waals surface area contributed by atoms with Crippen LogP contribution in [0.15, 0.2) is 76.3 Å². The van der Waals surface area contributed by atoms with Gasteiger partial charge in [0.25, 0.3) is 5.89 Å². The molecule has 9 heteroatoms. The molecule has 0 radical (unpaired) electrons. The molecule has 2 aromatic carbocycles.